The van der Waals surface area contributed by atoms with E-state index in [2.05, 4.69) is 0 Å². The molecule has 0 aliphatic heterocycles. The van der Waals surface area contributed by atoms with Gasteiger partial charge >= 0.3 is 0 Å². The quantitative estimate of drug-likeness (QED) is 0.728. The molecule has 0 heterocycles. The number of carbonyl (C=O) groups is 1. The number of sulfone groups is 1. The van der Waals surface area contributed by atoms with Crippen molar-refractivity contribution in [2.45, 2.75) is 11.0 Å². The minimum atomic E-state index is -3.67. The highest BCUT2D eigenvalue weighted by Crippen LogP contribution is 2.26. The standard InChI is InChI=1S/C17H18O5S/c1-21-15-7-3-13(4-8-15)12-23(19,20)17(11-18)14-5-9-16(22-2)10-6-14/h3-11,17H,12H2,1-2H3. The van der Waals surface area contributed by atoms with Gasteiger partial charge in [0.15, 0.2) is 9.84 Å². The summed E-state index contributed by atoms with van der Waals surface area (Å²) in [6.45, 7) is 0. The molecule has 0 saturated heterocycles. The lowest BCUT2D eigenvalue weighted by atomic mass is 10.1. The molecule has 23 heavy (non-hydrogen) atoms. The zero-order valence-corrected chi connectivity index (χ0v) is 13.7. The molecule has 0 N–H and O–H groups in total. The van der Waals surface area contributed by atoms with Crippen LogP contribution >= 0.6 is 0 Å². The fourth-order valence-electron chi connectivity index (χ4n) is 2.21. The first-order valence-corrected chi connectivity index (χ1v) is 8.65. The Morgan fingerprint density at radius 3 is 1.83 bits per heavy atom. The summed E-state index contributed by atoms with van der Waals surface area (Å²) in [7, 11) is -0.607. The largest absolute Gasteiger partial charge is 0.497 e. The predicted molar refractivity (Wildman–Crippen MR) is 87.4 cm³/mol. The highest BCUT2D eigenvalue weighted by molar-refractivity contribution is 7.91. The van der Waals surface area contributed by atoms with E-state index in [4.69, 9.17) is 9.47 Å². The summed E-state index contributed by atoms with van der Waals surface area (Å²) >= 11 is 0. The molecule has 5 nitrogen and oxygen atoms in total. The molecule has 0 aliphatic rings. The first-order valence-electron chi connectivity index (χ1n) is 6.94. The Kier molecular flexibility index (Phi) is 5.39. The van der Waals surface area contributed by atoms with Gasteiger partial charge in [-0.25, -0.2) is 8.42 Å². The summed E-state index contributed by atoms with van der Waals surface area (Å²) in [4.78, 5) is 11.4. The van der Waals surface area contributed by atoms with Gasteiger partial charge in [-0.15, -0.1) is 0 Å². The fourth-order valence-corrected chi connectivity index (χ4v) is 3.79. The van der Waals surface area contributed by atoms with Gasteiger partial charge in [-0.1, -0.05) is 24.3 Å². The Morgan fingerprint density at radius 2 is 1.39 bits per heavy atom. The normalized spacial score (nSPS) is 12.4. The maximum Gasteiger partial charge on any atom is 0.168 e. The van der Waals surface area contributed by atoms with E-state index in [1.807, 2.05) is 0 Å². The highest BCUT2D eigenvalue weighted by Gasteiger charge is 2.27. The zero-order chi connectivity index (χ0) is 16.9. The average molecular weight is 334 g/mol. The van der Waals surface area contributed by atoms with Crippen LogP contribution in [0.3, 0.4) is 0 Å². The van der Waals surface area contributed by atoms with Gasteiger partial charge in [0.1, 0.15) is 23.0 Å². The number of methoxy groups -OCH3 is 2. The smallest absolute Gasteiger partial charge is 0.168 e. The van der Waals surface area contributed by atoms with Crippen LogP contribution in [0.2, 0.25) is 0 Å². The third kappa shape index (κ3) is 4.10. The van der Waals surface area contributed by atoms with Crippen LogP contribution in [0, 0.1) is 0 Å². The molecule has 0 fully saturated rings. The molecule has 122 valence electrons. The van der Waals surface area contributed by atoms with Gasteiger partial charge < -0.3 is 14.3 Å². The van der Waals surface area contributed by atoms with Crippen molar-refractivity contribution >= 4 is 16.1 Å². The van der Waals surface area contributed by atoms with E-state index in [9.17, 15) is 13.2 Å². The SMILES string of the molecule is COc1ccc(CS(=O)(=O)C(C=O)c2ccc(OC)cc2)cc1. The zero-order valence-electron chi connectivity index (χ0n) is 12.9. The van der Waals surface area contributed by atoms with Crippen LogP contribution in [0.25, 0.3) is 0 Å². The summed E-state index contributed by atoms with van der Waals surface area (Å²) < 4.78 is 35.2. The molecule has 0 aliphatic carbocycles. The Morgan fingerprint density at radius 1 is 0.913 bits per heavy atom. The van der Waals surface area contributed by atoms with Gasteiger partial charge in [0.05, 0.1) is 20.0 Å². The lowest BCUT2D eigenvalue weighted by Gasteiger charge is -2.13. The van der Waals surface area contributed by atoms with Crippen molar-refractivity contribution in [3.05, 3.63) is 59.7 Å². The Bertz CT molecular complexity index is 749. The van der Waals surface area contributed by atoms with Crippen molar-refractivity contribution in [3.8, 4) is 11.5 Å². The van der Waals surface area contributed by atoms with Gasteiger partial charge in [0.2, 0.25) is 0 Å². The monoisotopic (exact) mass is 334 g/mol. The van der Waals surface area contributed by atoms with Crippen LogP contribution in [-0.4, -0.2) is 28.9 Å². The number of hydrogen-bond acceptors (Lipinski definition) is 5. The first-order chi connectivity index (χ1) is 11.0. The van der Waals surface area contributed by atoms with E-state index in [1.54, 1.807) is 48.5 Å². The van der Waals surface area contributed by atoms with Crippen molar-refractivity contribution in [1.82, 2.24) is 0 Å². The van der Waals surface area contributed by atoms with Crippen molar-refractivity contribution in [2.24, 2.45) is 0 Å². The van der Waals surface area contributed by atoms with E-state index in [0.29, 0.717) is 28.9 Å². The number of benzene rings is 2. The van der Waals surface area contributed by atoms with E-state index in [-0.39, 0.29) is 5.75 Å². The summed E-state index contributed by atoms with van der Waals surface area (Å²) in [6.07, 6.45) is 0.459. The maximum absolute atomic E-state index is 12.5. The van der Waals surface area contributed by atoms with Crippen molar-refractivity contribution in [2.75, 3.05) is 14.2 Å². The summed E-state index contributed by atoms with van der Waals surface area (Å²) in [5, 5.41) is -1.20. The van der Waals surface area contributed by atoms with Gasteiger partial charge in [0, 0.05) is 0 Å². The summed E-state index contributed by atoms with van der Waals surface area (Å²) in [6, 6.07) is 13.2. The average Bonchev–Trinajstić information content (AvgIpc) is 2.56. The molecule has 1 unspecified atom stereocenters. The fraction of sp³-hybridized carbons (Fsp3) is 0.235. The number of rotatable bonds is 7. The summed E-state index contributed by atoms with van der Waals surface area (Å²) in [5.41, 5.74) is 1.03. The number of ether oxygens (including phenoxy) is 2. The second-order valence-electron chi connectivity index (χ2n) is 4.99. The lowest BCUT2D eigenvalue weighted by Crippen LogP contribution is -2.17. The molecule has 0 spiro atoms. The number of hydrogen-bond donors (Lipinski definition) is 0. The molecule has 2 aromatic carbocycles. The third-order valence-corrected chi connectivity index (χ3v) is 5.37. The van der Waals surface area contributed by atoms with E-state index >= 15 is 0 Å². The molecule has 0 bridgehead atoms. The Hall–Kier alpha value is -2.34. The second-order valence-corrected chi connectivity index (χ2v) is 7.11. The minimum Gasteiger partial charge on any atom is -0.497 e. The van der Waals surface area contributed by atoms with Gasteiger partial charge in [-0.05, 0) is 35.4 Å². The van der Waals surface area contributed by atoms with Crippen molar-refractivity contribution in [1.29, 1.82) is 0 Å². The van der Waals surface area contributed by atoms with Crippen LogP contribution in [0.15, 0.2) is 48.5 Å². The predicted octanol–water partition coefficient (Wildman–Crippen LogP) is 2.56. The molecule has 0 amide bonds. The van der Waals surface area contributed by atoms with Crippen LogP contribution in [0.1, 0.15) is 16.4 Å². The second kappa shape index (κ2) is 7.28. The third-order valence-electron chi connectivity index (χ3n) is 3.48. The van der Waals surface area contributed by atoms with E-state index in [0.717, 1.165) is 0 Å². The molecule has 1 atom stereocenters. The van der Waals surface area contributed by atoms with Gasteiger partial charge in [0.25, 0.3) is 0 Å². The lowest BCUT2D eigenvalue weighted by molar-refractivity contribution is -0.107. The van der Waals surface area contributed by atoms with Crippen LogP contribution in [0.4, 0.5) is 0 Å². The first kappa shape index (κ1) is 17.0. The van der Waals surface area contributed by atoms with Crippen LogP contribution in [0.5, 0.6) is 11.5 Å². The van der Waals surface area contributed by atoms with Gasteiger partial charge in [-0.2, -0.15) is 0 Å². The van der Waals surface area contributed by atoms with E-state index < -0.39 is 15.1 Å². The summed E-state index contributed by atoms with van der Waals surface area (Å²) in [5.74, 6) is 1.03. The molecule has 0 saturated carbocycles. The molecule has 2 aromatic rings. The topological polar surface area (TPSA) is 69.7 Å². The molecular formula is C17H18O5S. The van der Waals surface area contributed by atoms with Crippen molar-refractivity contribution in [3.63, 3.8) is 0 Å². The molecule has 2 rings (SSSR count). The Balaban J connectivity index is 2.24. The number of aldehydes is 1. The molecule has 6 heteroatoms. The maximum atomic E-state index is 12.5. The molecule has 0 radical (unpaired) electrons. The Labute approximate surface area is 135 Å². The van der Waals surface area contributed by atoms with Crippen LogP contribution in [-0.2, 0) is 20.4 Å². The van der Waals surface area contributed by atoms with Crippen molar-refractivity contribution < 1.29 is 22.7 Å². The van der Waals surface area contributed by atoms with Crippen LogP contribution < -0.4 is 9.47 Å². The number of carbonyl (C=O) groups excluding carboxylic acids is 1. The van der Waals surface area contributed by atoms with E-state index in [1.165, 1.54) is 14.2 Å². The molecule has 0 aromatic heterocycles. The minimum absolute atomic E-state index is 0.216. The highest BCUT2D eigenvalue weighted by atomic mass is 32.2. The van der Waals surface area contributed by atoms with Gasteiger partial charge in [-0.3, -0.25) is 0 Å². The molecular weight excluding hydrogens is 316 g/mol.